The van der Waals surface area contributed by atoms with Crippen LogP contribution < -0.4 is 4.90 Å². The summed E-state index contributed by atoms with van der Waals surface area (Å²) >= 11 is 0. The van der Waals surface area contributed by atoms with Crippen molar-refractivity contribution in [3.8, 4) is 0 Å². The van der Waals surface area contributed by atoms with E-state index >= 15 is 0 Å². The molecule has 1 amide bonds. The zero-order valence-corrected chi connectivity index (χ0v) is 11.2. The van der Waals surface area contributed by atoms with Crippen LogP contribution >= 0.6 is 0 Å². The van der Waals surface area contributed by atoms with Crippen LogP contribution in [0.25, 0.3) is 0 Å². The number of aliphatic hydroxyl groups is 1. The summed E-state index contributed by atoms with van der Waals surface area (Å²) in [7, 11) is 1.73. The molecule has 5 nitrogen and oxygen atoms in total. The van der Waals surface area contributed by atoms with Crippen molar-refractivity contribution in [1.29, 1.82) is 0 Å². The largest absolute Gasteiger partial charge is 0.394 e. The normalized spacial score (nSPS) is 19.7. The number of Topliss-reactive ketones (excluding diaryl/α,β-unsaturated/α-hetero) is 1. The molecular weight excluding hydrogens is 244 g/mol. The number of piperazine rings is 1. The standard InChI is InChI=1S/C14H18N2O3/c1-10(18)11-4-3-5-12(8-11)16-7-6-15(2)14(19)13(16)9-17/h3-5,8,13,17H,6-7,9H2,1-2H3. The molecule has 5 heteroatoms. The van der Waals surface area contributed by atoms with E-state index in [1.54, 1.807) is 30.1 Å². The Kier molecular flexibility index (Phi) is 3.85. The minimum absolute atomic E-state index is 0.0112. The Morgan fingerprint density at radius 3 is 2.79 bits per heavy atom. The molecule has 1 aromatic rings. The number of hydrogen-bond donors (Lipinski definition) is 1. The Bertz CT molecular complexity index is 501. The first kappa shape index (κ1) is 13.5. The van der Waals surface area contributed by atoms with E-state index in [0.717, 1.165) is 5.69 Å². The summed E-state index contributed by atoms with van der Waals surface area (Å²) in [5, 5.41) is 9.43. The van der Waals surface area contributed by atoms with Gasteiger partial charge in [-0.05, 0) is 19.1 Å². The van der Waals surface area contributed by atoms with Gasteiger partial charge in [-0.1, -0.05) is 12.1 Å². The fourth-order valence-electron chi connectivity index (χ4n) is 2.30. The Hall–Kier alpha value is -1.88. The van der Waals surface area contributed by atoms with Crippen molar-refractivity contribution in [1.82, 2.24) is 4.90 Å². The zero-order valence-electron chi connectivity index (χ0n) is 11.2. The van der Waals surface area contributed by atoms with Gasteiger partial charge in [-0.2, -0.15) is 0 Å². The highest BCUT2D eigenvalue weighted by atomic mass is 16.3. The summed E-state index contributed by atoms with van der Waals surface area (Å²) in [6.45, 7) is 2.54. The Balaban J connectivity index is 2.32. The second-order valence-corrected chi connectivity index (χ2v) is 4.76. The molecule has 0 spiro atoms. The van der Waals surface area contributed by atoms with Crippen molar-refractivity contribution in [2.75, 3.05) is 31.6 Å². The van der Waals surface area contributed by atoms with Gasteiger partial charge in [-0.25, -0.2) is 0 Å². The molecule has 1 aliphatic heterocycles. The maximum Gasteiger partial charge on any atom is 0.247 e. The van der Waals surface area contributed by atoms with Crippen LogP contribution in [0.15, 0.2) is 24.3 Å². The molecule has 1 saturated heterocycles. The average Bonchev–Trinajstić information content (AvgIpc) is 2.41. The molecule has 0 radical (unpaired) electrons. The van der Waals surface area contributed by atoms with Crippen molar-refractivity contribution in [2.45, 2.75) is 13.0 Å². The number of carbonyl (C=O) groups excluding carboxylic acids is 2. The number of aliphatic hydroxyl groups excluding tert-OH is 1. The molecule has 1 N–H and O–H groups in total. The lowest BCUT2D eigenvalue weighted by molar-refractivity contribution is -0.133. The summed E-state index contributed by atoms with van der Waals surface area (Å²) < 4.78 is 0. The van der Waals surface area contributed by atoms with E-state index in [4.69, 9.17) is 0 Å². The van der Waals surface area contributed by atoms with Gasteiger partial charge in [0.05, 0.1) is 6.61 Å². The second kappa shape index (κ2) is 5.40. The van der Waals surface area contributed by atoms with Gasteiger partial charge in [0.25, 0.3) is 0 Å². The molecule has 102 valence electrons. The Morgan fingerprint density at radius 2 is 2.16 bits per heavy atom. The molecule has 0 aliphatic carbocycles. The van der Waals surface area contributed by atoms with Gasteiger partial charge in [0.1, 0.15) is 6.04 Å². The Labute approximate surface area is 112 Å². The lowest BCUT2D eigenvalue weighted by Gasteiger charge is -2.39. The fraction of sp³-hybridized carbons (Fsp3) is 0.429. The monoisotopic (exact) mass is 262 g/mol. The van der Waals surface area contributed by atoms with E-state index in [9.17, 15) is 14.7 Å². The number of anilines is 1. The molecule has 19 heavy (non-hydrogen) atoms. The fourth-order valence-corrected chi connectivity index (χ4v) is 2.30. The summed E-state index contributed by atoms with van der Waals surface area (Å²) in [6, 6.07) is 6.60. The molecule has 1 heterocycles. The van der Waals surface area contributed by atoms with E-state index in [0.29, 0.717) is 18.7 Å². The molecule has 0 saturated carbocycles. The first-order valence-electron chi connectivity index (χ1n) is 6.28. The van der Waals surface area contributed by atoms with E-state index in [1.807, 2.05) is 11.0 Å². The van der Waals surface area contributed by atoms with Gasteiger partial charge in [-0.3, -0.25) is 9.59 Å². The molecule has 1 aromatic carbocycles. The number of benzene rings is 1. The van der Waals surface area contributed by atoms with Gasteiger partial charge < -0.3 is 14.9 Å². The average molecular weight is 262 g/mol. The molecule has 1 atom stereocenters. The topological polar surface area (TPSA) is 60.9 Å². The van der Waals surface area contributed by atoms with Crippen LogP contribution in [-0.4, -0.2) is 54.5 Å². The Morgan fingerprint density at radius 1 is 1.42 bits per heavy atom. The van der Waals surface area contributed by atoms with Crippen molar-refractivity contribution >= 4 is 17.4 Å². The van der Waals surface area contributed by atoms with Crippen LogP contribution in [0, 0.1) is 0 Å². The first-order valence-corrected chi connectivity index (χ1v) is 6.28. The highest BCUT2D eigenvalue weighted by molar-refractivity contribution is 5.95. The molecule has 0 bridgehead atoms. The number of carbonyl (C=O) groups is 2. The number of rotatable bonds is 3. The van der Waals surface area contributed by atoms with Crippen molar-refractivity contribution in [3.05, 3.63) is 29.8 Å². The lowest BCUT2D eigenvalue weighted by Crippen LogP contribution is -2.57. The van der Waals surface area contributed by atoms with E-state index in [2.05, 4.69) is 0 Å². The highest BCUT2D eigenvalue weighted by Gasteiger charge is 2.32. The second-order valence-electron chi connectivity index (χ2n) is 4.76. The number of hydrogen-bond acceptors (Lipinski definition) is 4. The van der Waals surface area contributed by atoms with Gasteiger partial charge in [-0.15, -0.1) is 0 Å². The van der Waals surface area contributed by atoms with Crippen LogP contribution in [0.2, 0.25) is 0 Å². The molecule has 2 rings (SSSR count). The van der Waals surface area contributed by atoms with Gasteiger partial charge in [0.2, 0.25) is 5.91 Å². The number of ketones is 1. The minimum Gasteiger partial charge on any atom is -0.394 e. The van der Waals surface area contributed by atoms with E-state index in [1.165, 1.54) is 6.92 Å². The van der Waals surface area contributed by atoms with Gasteiger partial charge in [0, 0.05) is 31.4 Å². The summed E-state index contributed by atoms with van der Waals surface area (Å²) in [6.07, 6.45) is 0. The maximum atomic E-state index is 12.0. The molecule has 0 aromatic heterocycles. The third kappa shape index (κ3) is 2.61. The van der Waals surface area contributed by atoms with E-state index < -0.39 is 6.04 Å². The predicted octanol–water partition coefficient (Wildman–Crippen LogP) is 0.528. The zero-order chi connectivity index (χ0) is 14.0. The van der Waals surface area contributed by atoms with Crippen LogP contribution in [0.4, 0.5) is 5.69 Å². The first-order chi connectivity index (χ1) is 9.04. The van der Waals surface area contributed by atoms with Crippen molar-refractivity contribution in [3.63, 3.8) is 0 Å². The molecular formula is C14H18N2O3. The lowest BCUT2D eigenvalue weighted by atomic mass is 10.1. The van der Waals surface area contributed by atoms with Crippen molar-refractivity contribution in [2.24, 2.45) is 0 Å². The molecule has 1 aliphatic rings. The van der Waals surface area contributed by atoms with Crippen molar-refractivity contribution < 1.29 is 14.7 Å². The van der Waals surface area contributed by atoms with Crippen LogP contribution in [0.3, 0.4) is 0 Å². The smallest absolute Gasteiger partial charge is 0.247 e. The number of likely N-dealkylation sites (N-methyl/N-ethyl adjacent to an activating group) is 1. The molecule has 1 fully saturated rings. The SMILES string of the molecule is CC(=O)c1cccc(N2CCN(C)C(=O)C2CO)c1. The number of nitrogens with zero attached hydrogens (tertiary/aromatic N) is 2. The summed E-state index contributed by atoms with van der Waals surface area (Å²) in [4.78, 5) is 26.9. The van der Waals surface area contributed by atoms with Gasteiger partial charge >= 0.3 is 0 Å². The minimum atomic E-state index is -0.569. The predicted molar refractivity (Wildman–Crippen MR) is 72.3 cm³/mol. The third-order valence-electron chi connectivity index (χ3n) is 3.47. The third-order valence-corrected chi connectivity index (χ3v) is 3.47. The highest BCUT2D eigenvalue weighted by Crippen LogP contribution is 2.22. The van der Waals surface area contributed by atoms with Crippen LogP contribution in [-0.2, 0) is 4.79 Å². The quantitative estimate of drug-likeness (QED) is 0.807. The summed E-state index contributed by atoms with van der Waals surface area (Å²) in [5.74, 6) is -0.107. The van der Waals surface area contributed by atoms with E-state index in [-0.39, 0.29) is 18.3 Å². The summed E-state index contributed by atoms with van der Waals surface area (Å²) in [5.41, 5.74) is 1.41. The van der Waals surface area contributed by atoms with Crippen LogP contribution in [0.1, 0.15) is 17.3 Å². The number of amides is 1. The van der Waals surface area contributed by atoms with Crippen LogP contribution in [0.5, 0.6) is 0 Å². The molecule has 1 unspecified atom stereocenters. The van der Waals surface area contributed by atoms with Gasteiger partial charge in [0.15, 0.2) is 5.78 Å². The maximum absolute atomic E-state index is 12.0.